The van der Waals surface area contributed by atoms with Crippen LogP contribution < -0.4 is 24.5 Å². The molecular weight excluding hydrogens is 1470 g/mol. The Morgan fingerprint density at radius 3 is 1.02 bits per heavy atom. The van der Waals surface area contributed by atoms with Crippen molar-refractivity contribution in [1.29, 1.82) is 0 Å². The van der Waals surface area contributed by atoms with E-state index in [4.69, 9.17) is 70.1 Å². The molecule has 21 heteroatoms. The standard InChI is InChI=1S/C20H16N4O.3C20H18N4.C18H22N4/c1-12-10-11-15-14-8-6-7-9-16(14)25-18(15)17(12)24-13(2)23(5)19(21-3)20(24)22-4;1-14-10-9-13-17(16-11-7-6-8-12-16)18(14)24-15(2)23(5)19(21-3)20(24)22-4;1-14-13-17(16-9-7-6-8-10-16)11-12-18(14)24-15(2)23(5)19(21-3)20(24)22-4;1-14-11-12-17(16-9-7-6-8-10-16)13-18(14)24-15(2)23(5)19(21-3)20(24)22-4;1-10-11(2)13(4)16(14(5)12(10)3)22-15(6)21(9)17(19-7)18(22)20-8/h6-11,13H,1-2,5H3;3*6-13,15H,1-2,5H3;15H,1-6,9H3/t13-;4*15-/m00000/s1. The summed E-state index contributed by atoms with van der Waals surface area (Å²) < 4.78 is 6.16. The maximum absolute atomic E-state index is 7.60. The lowest BCUT2D eigenvalue weighted by Crippen LogP contribution is -2.36. The van der Waals surface area contributed by atoms with Gasteiger partial charge in [-0.15, -0.1) is 0 Å². The van der Waals surface area contributed by atoms with Crippen LogP contribution in [0.5, 0.6) is 0 Å². The number of hydrogen-bond acceptors (Lipinski definition) is 11. The zero-order valence-corrected chi connectivity index (χ0v) is 70.6. The van der Waals surface area contributed by atoms with Gasteiger partial charge in [-0.05, 0) is 171 Å². The highest BCUT2D eigenvalue weighted by Gasteiger charge is 2.46. The third-order valence-electron chi connectivity index (χ3n) is 23.4. The molecule has 0 unspecified atom stereocenters. The number of benzene rings is 9. The molecule has 0 bridgehead atoms. The van der Waals surface area contributed by atoms with E-state index in [-0.39, 0.29) is 30.8 Å². The van der Waals surface area contributed by atoms with Crippen molar-refractivity contribution in [2.45, 2.75) is 128 Å². The van der Waals surface area contributed by atoms with Crippen molar-refractivity contribution in [2.75, 3.05) is 59.7 Å². The second kappa shape index (κ2) is 35.4. The zero-order chi connectivity index (χ0) is 86.3. The molecule has 10 aromatic rings. The van der Waals surface area contributed by atoms with Crippen molar-refractivity contribution < 1.29 is 4.42 Å². The van der Waals surface area contributed by atoms with Gasteiger partial charge in [0.15, 0.2) is 11.3 Å². The fourth-order valence-corrected chi connectivity index (χ4v) is 15.9. The van der Waals surface area contributed by atoms with Crippen molar-refractivity contribution >= 4 is 50.4 Å². The molecule has 6 heterocycles. The van der Waals surface area contributed by atoms with Crippen LogP contribution in [0.1, 0.15) is 84.7 Å². The quantitative estimate of drug-likeness (QED) is 0.136. The summed E-state index contributed by atoms with van der Waals surface area (Å²) in [6, 6.07) is 61.3. The molecule has 21 nitrogen and oxygen atoms in total. The highest BCUT2D eigenvalue weighted by molar-refractivity contribution is 6.10. The SMILES string of the molecule is [C-]#[N+]C1=C([N+]#[C-])N(c2c(C)c(C)c(C)c(C)c2C)[C@@H](C)N1C.[C-]#[N+]C1=C([N+]#[C-])N(c2c(C)ccc3c2oc2ccccc23)[C@@H](C)N1C.[C-]#[N+]C1=C([N+]#[C-])N(c2c(C)cccc2-c2ccccc2)[C@@H](C)N1C.[C-]#[N+]C1=C([N+]#[C-])N(c2cc(-c3ccccc3)ccc2C)[C@@H](C)N1C.[C-]#[N+]C1=C([N+]#[C-])N(c2ccc(-c3ccccc3)cc2C)[C@@H](C)N1C. The molecule has 5 aliphatic rings. The van der Waals surface area contributed by atoms with Gasteiger partial charge in [-0.1, -0.05) is 217 Å². The Morgan fingerprint density at radius 2 is 0.588 bits per heavy atom. The molecular formula is C98H92N20O. The van der Waals surface area contributed by atoms with E-state index in [0.29, 0.717) is 58.2 Å². The number of hydrogen-bond donors (Lipinski definition) is 0. The molecule has 0 amide bonds. The van der Waals surface area contributed by atoms with Gasteiger partial charge in [0, 0.05) is 51.0 Å². The molecule has 5 aliphatic heterocycles. The Labute approximate surface area is 700 Å². The number of anilines is 5. The Bertz CT molecular complexity index is 6280. The van der Waals surface area contributed by atoms with Crippen LogP contribution in [0, 0.1) is 128 Å². The van der Waals surface area contributed by atoms with Gasteiger partial charge in [0.1, 0.15) is 28.3 Å². The number of rotatable bonds is 8. The van der Waals surface area contributed by atoms with E-state index in [1.807, 2.05) is 250 Å². The van der Waals surface area contributed by atoms with Crippen LogP contribution in [0.25, 0.3) is 104 Å². The van der Waals surface area contributed by atoms with Crippen LogP contribution in [0.3, 0.4) is 0 Å². The molecule has 119 heavy (non-hydrogen) atoms. The third kappa shape index (κ3) is 15.2. The second-order valence-corrected chi connectivity index (χ2v) is 29.7. The molecule has 590 valence electrons. The highest BCUT2D eigenvalue weighted by Crippen LogP contribution is 2.48. The number of para-hydroxylation sites is 2. The zero-order valence-electron chi connectivity index (χ0n) is 70.6. The number of fused-ring (bicyclic) bond motifs is 3. The summed E-state index contributed by atoms with van der Waals surface area (Å²) in [5.74, 6) is 3.98. The van der Waals surface area contributed by atoms with E-state index in [1.54, 1.807) is 0 Å². The Hall–Kier alpha value is -15.6. The minimum Gasteiger partial charge on any atom is -0.452 e. The van der Waals surface area contributed by atoms with Gasteiger partial charge in [-0.2, -0.15) is 0 Å². The van der Waals surface area contributed by atoms with E-state index in [2.05, 4.69) is 162 Å². The molecule has 0 spiro atoms. The molecule has 0 aliphatic carbocycles. The minimum absolute atomic E-state index is 0.0351. The summed E-state index contributed by atoms with van der Waals surface area (Å²) >= 11 is 0. The summed E-state index contributed by atoms with van der Waals surface area (Å²) in [6.45, 7) is 104. The number of nitrogens with zero attached hydrogens (tertiary/aromatic N) is 20. The van der Waals surface area contributed by atoms with Gasteiger partial charge >= 0.3 is 0 Å². The highest BCUT2D eigenvalue weighted by atomic mass is 16.3. The number of furan rings is 1. The monoisotopic (exact) mass is 1560 g/mol. The first-order valence-electron chi connectivity index (χ1n) is 38.6. The molecule has 0 saturated heterocycles. The van der Waals surface area contributed by atoms with Gasteiger partial charge in [0.2, 0.25) is 59.9 Å². The van der Waals surface area contributed by atoms with Gasteiger partial charge in [-0.25, -0.2) is 0 Å². The average Bonchev–Trinajstić information content (AvgIpc) is 1.64. The molecule has 0 radical (unpaired) electrons. The summed E-state index contributed by atoms with van der Waals surface area (Å²) in [4.78, 5) is 55.2. The van der Waals surface area contributed by atoms with Crippen LogP contribution in [-0.4, -0.2) is 90.6 Å². The largest absolute Gasteiger partial charge is 0.452 e. The smallest absolute Gasteiger partial charge is 0.253 e. The summed E-state index contributed by atoms with van der Waals surface area (Å²) in [6.07, 6.45) is -0.373. The molecule has 0 saturated carbocycles. The Balaban J connectivity index is 0.000000146. The molecule has 1 aromatic heterocycles. The van der Waals surface area contributed by atoms with E-state index in [1.165, 1.54) is 33.4 Å². The molecule has 0 N–H and O–H groups in total. The fourth-order valence-electron chi connectivity index (χ4n) is 15.9. The van der Waals surface area contributed by atoms with Crippen LogP contribution in [-0.2, 0) is 0 Å². The van der Waals surface area contributed by atoms with Crippen molar-refractivity contribution in [1.82, 2.24) is 24.5 Å². The maximum Gasteiger partial charge on any atom is 0.253 e. The van der Waals surface area contributed by atoms with Crippen LogP contribution in [0.2, 0.25) is 0 Å². The predicted octanol–water partition coefficient (Wildman–Crippen LogP) is 23.4. The van der Waals surface area contributed by atoms with Crippen molar-refractivity contribution in [3.05, 3.63) is 404 Å². The van der Waals surface area contributed by atoms with Crippen molar-refractivity contribution in [3.63, 3.8) is 0 Å². The van der Waals surface area contributed by atoms with Crippen LogP contribution >= 0.6 is 0 Å². The van der Waals surface area contributed by atoms with Gasteiger partial charge < -0.3 is 77.4 Å². The Kier molecular flexibility index (Phi) is 25.1. The van der Waals surface area contributed by atoms with E-state index in [0.717, 1.165) is 100 Å². The summed E-state index contributed by atoms with van der Waals surface area (Å²) in [5, 5.41) is 2.07. The van der Waals surface area contributed by atoms with Gasteiger partial charge in [0.05, 0.1) is 35.2 Å². The van der Waals surface area contributed by atoms with E-state index >= 15 is 0 Å². The normalized spacial score (nSPS) is 17.2. The first-order chi connectivity index (χ1) is 57.1. The minimum atomic E-state index is -0.134. The lowest BCUT2D eigenvalue weighted by Gasteiger charge is -2.28. The molecule has 0 fully saturated rings. The molecule has 5 atom stereocenters. The predicted molar refractivity (Wildman–Crippen MR) is 478 cm³/mol. The van der Waals surface area contributed by atoms with Gasteiger partial charge in [-0.3, -0.25) is 24.5 Å². The fraction of sp³-hybridized carbons (Fsp3) is 0.245. The van der Waals surface area contributed by atoms with Crippen LogP contribution in [0.15, 0.2) is 245 Å². The van der Waals surface area contributed by atoms with E-state index < -0.39 is 0 Å². The van der Waals surface area contributed by atoms with E-state index in [9.17, 15) is 0 Å². The van der Waals surface area contributed by atoms with Crippen LogP contribution in [0.4, 0.5) is 28.4 Å². The molecule has 15 rings (SSSR count). The Morgan fingerprint density at radius 1 is 0.252 bits per heavy atom. The summed E-state index contributed by atoms with van der Waals surface area (Å²) in [5.41, 5.74) is 23.7. The third-order valence-corrected chi connectivity index (χ3v) is 23.4. The first kappa shape index (κ1) is 84.3. The first-order valence-corrected chi connectivity index (χ1v) is 38.6. The lowest BCUT2D eigenvalue weighted by molar-refractivity contribution is 0.364. The van der Waals surface area contributed by atoms with Gasteiger partial charge in [0.25, 0.3) is 29.1 Å². The molecule has 9 aromatic carbocycles. The number of aryl methyl sites for hydroxylation is 4. The lowest BCUT2D eigenvalue weighted by atomic mass is 9.92. The second-order valence-electron chi connectivity index (χ2n) is 29.7. The van der Waals surface area contributed by atoms with Crippen molar-refractivity contribution in [3.8, 4) is 33.4 Å². The maximum atomic E-state index is 7.60. The topological polar surface area (TPSA) is 89.1 Å². The van der Waals surface area contributed by atoms with Crippen molar-refractivity contribution in [2.24, 2.45) is 0 Å². The summed E-state index contributed by atoms with van der Waals surface area (Å²) in [7, 11) is 9.30. The average molecular weight is 1570 g/mol.